The summed E-state index contributed by atoms with van der Waals surface area (Å²) in [6, 6.07) is 11.2. The van der Waals surface area contributed by atoms with E-state index in [2.05, 4.69) is 36.0 Å². The monoisotopic (exact) mass is 392 g/mol. The third kappa shape index (κ3) is 4.73. The fourth-order valence-corrected chi connectivity index (χ4v) is 4.34. The molecule has 0 spiro atoms. The molecule has 4 rings (SSSR count). The molecule has 1 aliphatic rings. The van der Waals surface area contributed by atoms with Crippen molar-refractivity contribution >= 4 is 0 Å². The van der Waals surface area contributed by atoms with Crippen LogP contribution >= 0.6 is 0 Å². The summed E-state index contributed by atoms with van der Waals surface area (Å²) in [7, 11) is 1.99. The van der Waals surface area contributed by atoms with E-state index in [1.165, 1.54) is 41.4 Å². The molecular formula is C24H29FN4. The molecular weight excluding hydrogens is 363 g/mol. The molecule has 1 unspecified atom stereocenters. The lowest BCUT2D eigenvalue weighted by atomic mass is 9.92. The van der Waals surface area contributed by atoms with Crippen LogP contribution in [0.5, 0.6) is 0 Å². The van der Waals surface area contributed by atoms with Crippen LogP contribution in [0.25, 0.3) is 0 Å². The second-order valence-electron chi connectivity index (χ2n) is 8.30. The highest BCUT2D eigenvalue weighted by molar-refractivity contribution is 5.30. The lowest BCUT2D eigenvalue weighted by Gasteiger charge is -2.32. The number of halogens is 1. The van der Waals surface area contributed by atoms with Gasteiger partial charge in [-0.05, 0) is 75.0 Å². The molecule has 1 aromatic carbocycles. The minimum Gasteiger partial charge on any atom is -0.298 e. The number of aromatic nitrogens is 3. The summed E-state index contributed by atoms with van der Waals surface area (Å²) in [5.74, 6) is 0.258. The summed E-state index contributed by atoms with van der Waals surface area (Å²) in [5, 5.41) is 4.38. The molecule has 0 amide bonds. The molecule has 29 heavy (non-hydrogen) atoms. The molecule has 5 heteroatoms. The number of nitrogens with zero attached hydrogens (tertiary/aromatic N) is 4. The van der Waals surface area contributed by atoms with Crippen molar-refractivity contribution in [1.29, 1.82) is 0 Å². The van der Waals surface area contributed by atoms with E-state index in [1.807, 2.05) is 24.0 Å². The Morgan fingerprint density at radius 2 is 2.00 bits per heavy atom. The van der Waals surface area contributed by atoms with Gasteiger partial charge >= 0.3 is 0 Å². The minimum atomic E-state index is -0.179. The van der Waals surface area contributed by atoms with Crippen LogP contribution in [0.1, 0.15) is 52.5 Å². The summed E-state index contributed by atoms with van der Waals surface area (Å²) < 4.78 is 15.5. The molecule has 152 valence electrons. The Bertz CT molecular complexity index is 994. The van der Waals surface area contributed by atoms with E-state index in [1.54, 1.807) is 12.1 Å². The average Bonchev–Trinajstić information content (AvgIpc) is 3.00. The van der Waals surface area contributed by atoms with Crippen molar-refractivity contribution < 1.29 is 4.39 Å². The molecule has 0 bridgehead atoms. The number of piperidine rings is 1. The zero-order chi connectivity index (χ0) is 20.4. The highest BCUT2D eigenvalue weighted by Crippen LogP contribution is 2.28. The Balaban J connectivity index is 1.49. The van der Waals surface area contributed by atoms with Crippen molar-refractivity contribution in [2.24, 2.45) is 7.05 Å². The quantitative estimate of drug-likeness (QED) is 0.639. The van der Waals surface area contributed by atoms with Crippen LogP contribution in [-0.2, 0) is 20.0 Å². The first kappa shape index (κ1) is 19.8. The zero-order valence-corrected chi connectivity index (χ0v) is 17.5. The zero-order valence-electron chi connectivity index (χ0n) is 17.5. The van der Waals surface area contributed by atoms with E-state index in [0.717, 1.165) is 37.3 Å². The minimum absolute atomic E-state index is 0.179. The van der Waals surface area contributed by atoms with Gasteiger partial charge in [0.2, 0.25) is 0 Å². The first-order chi connectivity index (χ1) is 14.0. The number of benzene rings is 1. The Labute approximate surface area is 172 Å². The normalized spacial score (nSPS) is 17.6. The van der Waals surface area contributed by atoms with Crippen LogP contribution in [0.15, 0.2) is 42.6 Å². The van der Waals surface area contributed by atoms with E-state index in [4.69, 9.17) is 4.98 Å². The number of aryl methyl sites for hydroxylation is 2. The van der Waals surface area contributed by atoms with E-state index in [-0.39, 0.29) is 5.82 Å². The lowest BCUT2D eigenvalue weighted by Crippen LogP contribution is -2.34. The van der Waals surface area contributed by atoms with Crippen LogP contribution in [0.4, 0.5) is 4.39 Å². The maximum Gasteiger partial charge on any atom is 0.123 e. The maximum atomic E-state index is 13.5. The van der Waals surface area contributed by atoms with Crippen LogP contribution in [0.2, 0.25) is 0 Å². The molecule has 1 saturated heterocycles. The van der Waals surface area contributed by atoms with Gasteiger partial charge < -0.3 is 0 Å². The fourth-order valence-electron chi connectivity index (χ4n) is 4.34. The molecule has 1 fully saturated rings. The van der Waals surface area contributed by atoms with E-state index in [0.29, 0.717) is 5.92 Å². The van der Waals surface area contributed by atoms with E-state index < -0.39 is 0 Å². The molecule has 0 saturated carbocycles. The van der Waals surface area contributed by atoms with Crippen molar-refractivity contribution in [1.82, 2.24) is 19.7 Å². The molecule has 4 nitrogen and oxygen atoms in total. The number of hydrogen-bond acceptors (Lipinski definition) is 3. The smallest absolute Gasteiger partial charge is 0.123 e. The number of hydrogen-bond donors (Lipinski definition) is 0. The standard InChI is InChI=1S/C24H29FN4/c1-17-10-20(11-19-6-4-8-23(25)12-19)13-24(27-17)21-7-5-9-29(15-21)16-22-14-26-28(3)18(22)2/h4,6,8,10,12-14,21H,5,7,9,11,15-16H2,1-3H3. The van der Waals surface area contributed by atoms with Gasteiger partial charge in [-0.3, -0.25) is 14.6 Å². The number of pyridine rings is 1. The maximum absolute atomic E-state index is 13.5. The van der Waals surface area contributed by atoms with Crippen LogP contribution in [0.3, 0.4) is 0 Å². The fraction of sp³-hybridized carbons (Fsp3) is 0.417. The summed E-state index contributed by atoms with van der Waals surface area (Å²) in [4.78, 5) is 7.38. The van der Waals surface area contributed by atoms with Gasteiger partial charge in [0.1, 0.15) is 5.82 Å². The highest BCUT2D eigenvalue weighted by Gasteiger charge is 2.24. The lowest BCUT2D eigenvalue weighted by molar-refractivity contribution is 0.198. The van der Waals surface area contributed by atoms with Crippen molar-refractivity contribution in [3.63, 3.8) is 0 Å². The first-order valence-corrected chi connectivity index (χ1v) is 10.4. The first-order valence-electron chi connectivity index (χ1n) is 10.4. The predicted molar refractivity (Wildman–Crippen MR) is 113 cm³/mol. The molecule has 0 N–H and O–H groups in total. The summed E-state index contributed by atoms with van der Waals surface area (Å²) in [6.07, 6.45) is 5.07. The van der Waals surface area contributed by atoms with Gasteiger partial charge in [0.15, 0.2) is 0 Å². The molecule has 2 aromatic heterocycles. The molecule has 0 radical (unpaired) electrons. The van der Waals surface area contributed by atoms with Gasteiger partial charge in [0.05, 0.1) is 6.20 Å². The van der Waals surface area contributed by atoms with Crippen molar-refractivity contribution in [2.45, 2.75) is 45.6 Å². The molecule has 0 aliphatic carbocycles. The highest BCUT2D eigenvalue weighted by atomic mass is 19.1. The second kappa shape index (κ2) is 8.46. The second-order valence-corrected chi connectivity index (χ2v) is 8.30. The molecule has 1 aliphatic heterocycles. The number of rotatable bonds is 5. The van der Waals surface area contributed by atoms with E-state index >= 15 is 0 Å². The van der Waals surface area contributed by atoms with Gasteiger partial charge in [-0.2, -0.15) is 5.10 Å². The Kier molecular flexibility index (Phi) is 5.76. The third-order valence-electron chi connectivity index (χ3n) is 5.98. The van der Waals surface area contributed by atoms with Gasteiger partial charge in [-0.1, -0.05) is 12.1 Å². The van der Waals surface area contributed by atoms with Crippen LogP contribution in [-0.4, -0.2) is 32.8 Å². The number of likely N-dealkylation sites (tertiary alicyclic amines) is 1. The third-order valence-corrected chi connectivity index (χ3v) is 5.98. The Morgan fingerprint density at radius 3 is 2.76 bits per heavy atom. The SMILES string of the molecule is Cc1cc(Cc2cccc(F)c2)cc(C2CCCN(Cc3cnn(C)c3C)C2)n1. The van der Waals surface area contributed by atoms with Gasteiger partial charge in [-0.25, -0.2) is 4.39 Å². The predicted octanol–water partition coefficient (Wildman–Crippen LogP) is 4.54. The Morgan fingerprint density at radius 1 is 1.14 bits per heavy atom. The molecule has 3 aromatic rings. The summed E-state index contributed by atoms with van der Waals surface area (Å²) in [6.45, 7) is 7.26. The summed E-state index contributed by atoms with van der Waals surface area (Å²) >= 11 is 0. The van der Waals surface area contributed by atoms with Gasteiger partial charge in [0, 0.05) is 48.7 Å². The topological polar surface area (TPSA) is 34.0 Å². The summed E-state index contributed by atoms with van der Waals surface area (Å²) in [5.41, 5.74) is 6.95. The van der Waals surface area contributed by atoms with Crippen LogP contribution in [0, 0.1) is 19.7 Å². The molecule has 3 heterocycles. The molecule has 1 atom stereocenters. The van der Waals surface area contributed by atoms with E-state index in [9.17, 15) is 4.39 Å². The van der Waals surface area contributed by atoms with Gasteiger partial charge in [-0.15, -0.1) is 0 Å². The average molecular weight is 393 g/mol. The Hall–Kier alpha value is -2.53. The van der Waals surface area contributed by atoms with Gasteiger partial charge in [0.25, 0.3) is 0 Å². The van der Waals surface area contributed by atoms with Crippen molar-refractivity contribution in [2.75, 3.05) is 13.1 Å². The van der Waals surface area contributed by atoms with Crippen molar-refractivity contribution in [3.8, 4) is 0 Å². The van der Waals surface area contributed by atoms with Crippen molar-refractivity contribution in [3.05, 3.63) is 82.2 Å². The van der Waals surface area contributed by atoms with Crippen LogP contribution < -0.4 is 0 Å². The largest absolute Gasteiger partial charge is 0.298 e.